The first kappa shape index (κ1) is 17.2. The molecule has 2 aliphatic rings. The van der Waals surface area contributed by atoms with Gasteiger partial charge in [0.1, 0.15) is 12.4 Å². The number of ether oxygens (including phenoxy) is 3. The lowest BCUT2D eigenvalue weighted by molar-refractivity contribution is 0.173. The second-order valence-corrected chi connectivity index (χ2v) is 6.12. The van der Waals surface area contributed by atoms with Crippen molar-refractivity contribution >= 4 is 12.0 Å². The first-order valence-corrected chi connectivity index (χ1v) is 8.87. The van der Waals surface area contributed by atoms with Crippen LogP contribution in [-0.4, -0.2) is 67.0 Å². The molecule has 2 aliphatic heterocycles. The van der Waals surface area contributed by atoms with E-state index in [0.717, 1.165) is 5.75 Å². The Kier molecular flexibility index (Phi) is 5.08. The summed E-state index contributed by atoms with van der Waals surface area (Å²) >= 11 is 0. The molecular formula is C18H21N5O4. The Balaban J connectivity index is 1.17. The van der Waals surface area contributed by atoms with Crippen molar-refractivity contribution in [1.29, 1.82) is 0 Å². The maximum absolute atomic E-state index is 12.3. The molecule has 3 heterocycles. The molecule has 0 aliphatic carbocycles. The van der Waals surface area contributed by atoms with Gasteiger partial charge in [-0.3, -0.25) is 0 Å². The lowest BCUT2D eigenvalue weighted by Crippen LogP contribution is -2.52. The van der Waals surface area contributed by atoms with Gasteiger partial charge in [-0.05, 0) is 18.2 Å². The van der Waals surface area contributed by atoms with E-state index in [1.54, 1.807) is 29.4 Å². The molecule has 1 aromatic carbocycles. The topological polar surface area (TPSA) is 89.1 Å². The molecule has 0 unspecified atom stereocenters. The summed E-state index contributed by atoms with van der Waals surface area (Å²) in [7, 11) is 0. The molecule has 0 bridgehead atoms. The number of anilines is 1. The lowest BCUT2D eigenvalue weighted by atomic mass is 10.3. The summed E-state index contributed by atoms with van der Waals surface area (Å²) < 4.78 is 16.2. The fraction of sp³-hybridized carbons (Fsp3) is 0.389. The average Bonchev–Trinajstić information content (AvgIpc) is 3.20. The Hall–Kier alpha value is -3.23. The van der Waals surface area contributed by atoms with E-state index >= 15 is 0 Å². The zero-order chi connectivity index (χ0) is 18.5. The number of nitrogens with one attached hydrogen (secondary N) is 1. The number of hydrogen-bond acceptors (Lipinski definition) is 7. The lowest BCUT2D eigenvalue weighted by Gasteiger charge is -2.34. The van der Waals surface area contributed by atoms with Crippen LogP contribution in [0.25, 0.3) is 0 Å². The van der Waals surface area contributed by atoms with Crippen LogP contribution >= 0.6 is 0 Å². The summed E-state index contributed by atoms with van der Waals surface area (Å²) in [5.74, 6) is 2.78. The van der Waals surface area contributed by atoms with Gasteiger partial charge in [0.2, 0.25) is 12.7 Å². The van der Waals surface area contributed by atoms with E-state index in [1.807, 2.05) is 12.1 Å². The van der Waals surface area contributed by atoms with E-state index in [1.165, 1.54) is 0 Å². The number of nitrogens with zero attached hydrogens (tertiary/aromatic N) is 4. The Morgan fingerprint density at radius 3 is 2.70 bits per heavy atom. The van der Waals surface area contributed by atoms with Crippen LogP contribution in [0.1, 0.15) is 0 Å². The van der Waals surface area contributed by atoms with Crippen LogP contribution in [-0.2, 0) is 0 Å². The number of hydrogen-bond donors (Lipinski definition) is 1. The number of carbonyl (C=O) groups excluding carboxylic acids is 1. The highest BCUT2D eigenvalue weighted by molar-refractivity contribution is 5.74. The number of rotatable bonds is 5. The molecule has 1 saturated heterocycles. The molecule has 2 aromatic rings. The number of urea groups is 1. The van der Waals surface area contributed by atoms with E-state index in [-0.39, 0.29) is 12.8 Å². The first-order valence-electron chi connectivity index (χ1n) is 8.87. The molecule has 4 rings (SSSR count). The molecule has 0 radical (unpaired) electrons. The van der Waals surface area contributed by atoms with E-state index in [2.05, 4.69) is 20.2 Å². The third-order valence-electron chi connectivity index (χ3n) is 4.39. The third kappa shape index (κ3) is 4.13. The van der Waals surface area contributed by atoms with Gasteiger partial charge in [0.25, 0.3) is 0 Å². The van der Waals surface area contributed by atoms with Gasteiger partial charge >= 0.3 is 6.03 Å². The second-order valence-electron chi connectivity index (χ2n) is 6.12. The molecular weight excluding hydrogens is 350 g/mol. The predicted octanol–water partition coefficient (Wildman–Crippen LogP) is 1.12. The van der Waals surface area contributed by atoms with Crippen molar-refractivity contribution in [2.24, 2.45) is 0 Å². The van der Waals surface area contributed by atoms with Gasteiger partial charge in [0.05, 0.1) is 6.54 Å². The molecule has 2 amide bonds. The molecule has 1 N–H and O–H groups in total. The van der Waals surface area contributed by atoms with Crippen molar-refractivity contribution < 1.29 is 19.0 Å². The number of amides is 2. The standard InChI is InChI=1S/C18H21N5O4/c24-18(23-9-7-22(8-10-23)17-19-4-1-5-20-17)21-6-11-25-14-2-3-15-16(12-14)27-13-26-15/h1-5,12H,6-11,13H2,(H,21,24). The highest BCUT2D eigenvalue weighted by Crippen LogP contribution is 2.34. The van der Waals surface area contributed by atoms with E-state index in [9.17, 15) is 4.79 Å². The smallest absolute Gasteiger partial charge is 0.317 e. The molecule has 9 heteroatoms. The molecule has 0 spiro atoms. The Morgan fingerprint density at radius 1 is 1.11 bits per heavy atom. The quantitative estimate of drug-likeness (QED) is 0.788. The first-order chi connectivity index (χ1) is 13.3. The van der Waals surface area contributed by atoms with Crippen molar-refractivity contribution in [2.75, 3.05) is 51.0 Å². The van der Waals surface area contributed by atoms with Gasteiger partial charge in [-0.15, -0.1) is 0 Å². The number of benzene rings is 1. The Bertz CT molecular complexity index is 781. The summed E-state index contributed by atoms with van der Waals surface area (Å²) in [6, 6.07) is 7.12. The summed E-state index contributed by atoms with van der Waals surface area (Å²) in [5, 5.41) is 2.89. The Morgan fingerprint density at radius 2 is 1.89 bits per heavy atom. The summed E-state index contributed by atoms with van der Waals surface area (Å²) in [5.41, 5.74) is 0. The van der Waals surface area contributed by atoms with Crippen molar-refractivity contribution in [3.8, 4) is 17.2 Å². The van der Waals surface area contributed by atoms with Crippen LogP contribution in [0, 0.1) is 0 Å². The van der Waals surface area contributed by atoms with Crippen LogP contribution < -0.4 is 24.4 Å². The zero-order valence-corrected chi connectivity index (χ0v) is 14.8. The SMILES string of the molecule is O=C(NCCOc1ccc2c(c1)OCO2)N1CCN(c2ncccn2)CC1. The second kappa shape index (κ2) is 7.98. The molecule has 27 heavy (non-hydrogen) atoms. The molecule has 1 fully saturated rings. The highest BCUT2D eigenvalue weighted by atomic mass is 16.7. The fourth-order valence-corrected chi connectivity index (χ4v) is 2.97. The summed E-state index contributed by atoms with van der Waals surface area (Å²) in [6.07, 6.45) is 3.45. The van der Waals surface area contributed by atoms with E-state index in [4.69, 9.17) is 14.2 Å². The van der Waals surface area contributed by atoms with Crippen molar-refractivity contribution in [1.82, 2.24) is 20.2 Å². The van der Waals surface area contributed by atoms with E-state index < -0.39 is 0 Å². The molecule has 0 atom stereocenters. The third-order valence-corrected chi connectivity index (χ3v) is 4.39. The van der Waals surface area contributed by atoms with Gasteiger partial charge < -0.3 is 29.3 Å². The molecule has 0 saturated carbocycles. The van der Waals surface area contributed by atoms with E-state index in [0.29, 0.717) is 56.8 Å². The molecule has 142 valence electrons. The van der Waals surface area contributed by atoms with Crippen LogP contribution in [0.15, 0.2) is 36.7 Å². The highest BCUT2D eigenvalue weighted by Gasteiger charge is 2.22. The predicted molar refractivity (Wildman–Crippen MR) is 97.3 cm³/mol. The van der Waals surface area contributed by atoms with Gasteiger partial charge in [0.15, 0.2) is 11.5 Å². The van der Waals surface area contributed by atoms with Gasteiger partial charge in [-0.2, -0.15) is 0 Å². The maximum atomic E-state index is 12.3. The average molecular weight is 371 g/mol. The zero-order valence-electron chi connectivity index (χ0n) is 14.8. The van der Waals surface area contributed by atoms with Gasteiger partial charge in [-0.1, -0.05) is 0 Å². The van der Waals surface area contributed by atoms with Crippen LogP contribution in [0.4, 0.5) is 10.7 Å². The van der Waals surface area contributed by atoms with Crippen LogP contribution in [0.3, 0.4) is 0 Å². The van der Waals surface area contributed by atoms with Crippen LogP contribution in [0.5, 0.6) is 17.2 Å². The number of carbonyl (C=O) groups is 1. The summed E-state index contributed by atoms with van der Waals surface area (Å²) in [4.78, 5) is 24.6. The van der Waals surface area contributed by atoms with Crippen LogP contribution in [0.2, 0.25) is 0 Å². The monoisotopic (exact) mass is 371 g/mol. The molecule has 9 nitrogen and oxygen atoms in total. The number of piperazine rings is 1. The minimum atomic E-state index is -0.0853. The number of aromatic nitrogens is 2. The fourth-order valence-electron chi connectivity index (χ4n) is 2.97. The van der Waals surface area contributed by atoms with Gasteiger partial charge in [-0.25, -0.2) is 14.8 Å². The molecule has 1 aromatic heterocycles. The summed E-state index contributed by atoms with van der Waals surface area (Å²) in [6.45, 7) is 3.73. The minimum absolute atomic E-state index is 0.0853. The number of fused-ring (bicyclic) bond motifs is 1. The van der Waals surface area contributed by atoms with Gasteiger partial charge in [0, 0.05) is 44.6 Å². The normalized spacial score (nSPS) is 15.6. The maximum Gasteiger partial charge on any atom is 0.317 e. The van der Waals surface area contributed by atoms with Crippen molar-refractivity contribution in [3.63, 3.8) is 0 Å². The van der Waals surface area contributed by atoms with Crippen molar-refractivity contribution in [3.05, 3.63) is 36.7 Å². The van der Waals surface area contributed by atoms with Crippen molar-refractivity contribution in [2.45, 2.75) is 0 Å². The Labute approximate surface area is 156 Å². The largest absolute Gasteiger partial charge is 0.492 e. The minimum Gasteiger partial charge on any atom is -0.492 e.